The highest BCUT2D eigenvalue weighted by molar-refractivity contribution is 6.24. The number of aryl methyl sites for hydroxylation is 1. The number of rotatable bonds is 3. The second-order valence-corrected chi connectivity index (χ2v) is 8.77. The highest BCUT2D eigenvalue weighted by Crippen LogP contribution is 2.53. The highest BCUT2D eigenvalue weighted by atomic mass is 16.2. The van der Waals surface area contributed by atoms with Crippen molar-refractivity contribution in [3.8, 4) is 0 Å². The van der Waals surface area contributed by atoms with Crippen LogP contribution in [0.2, 0.25) is 0 Å². The summed E-state index contributed by atoms with van der Waals surface area (Å²) in [6, 6.07) is 22.6. The number of carbonyl (C=O) groups excluding carboxylic acids is 3. The molecule has 6 rings (SSSR count). The van der Waals surface area contributed by atoms with Crippen molar-refractivity contribution in [3.05, 3.63) is 101 Å². The zero-order valence-electron chi connectivity index (χ0n) is 18.0. The van der Waals surface area contributed by atoms with Crippen LogP contribution in [0, 0.1) is 18.8 Å². The second-order valence-electron chi connectivity index (χ2n) is 8.77. The number of hydrogen-bond donors (Lipinski definition) is 0. The molecule has 0 N–H and O–H groups in total. The maximum absolute atomic E-state index is 13.8. The molecule has 6 nitrogen and oxygen atoms in total. The highest BCUT2D eigenvalue weighted by Gasteiger charge is 2.65. The molecule has 33 heavy (non-hydrogen) atoms. The normalized spacial score (nSPS) is 25.1. The Morgan fingerprint density at radius 1 is 0.818 bits per heavy atom. The molecule has 2 fully saturated rings. The van der Waals surface area contributed by atoms with E-state index in [1.165, 1.54) is 4.90 Å². The average molecular weight is 435 g/mol. The summed E-state index contributed by atoms with van der Waals surface area (Å²) in [5, 5.41) is 6.28. The van der Waals surface area contributed by atoms with Crippen molar-refractivity contribution < 1.29 is 14.4 Å². The third-order valence-electron chi connectivity index (χ3n) is 6.91. The molecule has 0 radical (unpaired) electrons. The van der Waals surface area contributed by atoms with Gasteiger partial charge in [-0.1, -0.05) is 72.3 Å². The Kier molecular flexibility index (Phi) is 4.30. The number of imide groups is 1. The maximum atomic E-state index is 13.8. The van der Waals surface area contributed by atoms with Gasteiger partial charge < -0.3 is 0 Å². The fourth-order valence-corrected chi connectivity index (χ4v) is 5.39. The number of carbonyl (C=O) groups is 3. The van der Waals surface area contributed by atoms with Crippen LogP contribution in [0.25, 0.3) is 0 Å². The van der Waals surface area contributed by atoms with Crippen molar-refractivity contribution in [3.63, 3.8) is 0 Å². The number of anilines is 1. The molecule has 3 aromatic carbocycles. The fraction of sp³-hybridized carbons (Fsp3) is 0.185. The predicted octanol–water partition coefficient (Wildman–Crippen LogP) is 3.76. The lowest BCUT2D eigenvalue weighted by Gasteiger charge is -2.33. The van der Waals surface area contributed by atoms with Crippen LogP contribution < -0.4 is 4.90 Å². The number of benzene rings is 3. The second kappa shape index (κ2) is 7.24. The largest absolute Gasteiger partial charge is 0.292 e. The molecule has 3 aliphatic heterocycles. The Morgan fingerprint density at radius 3 is 2.24 bits per heavy atom. The Labute approximate surface area is 191 Å². The van der Waals surface area contributed by atoms with Crippen LogP contribution in [0.4, 0.5) is 5.69 Å². The molecule has 2 saturated heterocycles. The SMILES string of the molecule is Cc1ccc(C(=O)[C@@H]2[C@@H]3C(=O)N(c4ccccc4)C(=O)[C@H]3[C@H]3c4ccccc4C=NN23)cc1. The number of nitrogens with zero attached hydrogens (tertiary/aromatic N) is 3. The van der Waals surface area contributed by atoms with E-state index in [9.17, 15) is 14.4 Å². The van der Waals surface area contributed by atoms with Gasteiger partial charge in [0.2, 0.25) is 11.8 Å². The quantitative estimate of drug-likeness (QED) is 0.464. The van der Waals surface area contributed by atoms with Crippen molar-refractivity contribution >= 4 is 29.5 Å². The van der Waals surface area contributed by atoms with Crippen molar-refractivity contribution in [1.29, 1.82) is 0 Å². The molecule has 0 saturated carbocycles. The Balaban J connectivity index is 1.50. The Hall–Kier alpha value is -4.06. The topological polar surface area (TPSA) is 70.0 Å². The maximum Gasteiger partial charge on any atom is 0.240 e. The molecule has 162 valence electrons. The van der Waals surface area contributed by atoms with Crippen LogP contribution in [-0.4, -0.2) is 34.9 Å². The molecule has 0 bridgehead atoms. The summed E-state index contributed by atoms with van der Waals surface area (Å²) in [4.78, 5) is 42.5. The standard InChI is InChI=1S/C27H21N3O3/c1-16-11-13-17(14-12-16)25(31)24-22-21(23-20-10-6-5-7-18(20)15-28-30(23)24)26(32)29(27(22)33)19-8-3-2-4-9-19/h2-15,21-24H,1H3/t21-,22-,23-,24+/m1/s1. The van der Waals surface area contributed by atoms with Gasteiger partial charge in [0.1, 0.15) is 6.04 Å². The number of fused-ring (bicyclic) bond motifs is 5. The van der Waals surface area contributed by atoms with Gasteiger partial charge in [-0.25, -0.2) is 4.90 Å². The molecule has 3 aromatic rings. The number of hydrazone groups is 1. The minimum Gasteiger partial charge on any atom is -0.292 e. The van der Waals surface area contributed by atoms with Crippen LogP contribution in [0.15, 0.2) is 84.0 Å². The van der Waals surface area contributed by atoms with Crippen molar-refractivity contribution in [2.75, 3.05) is 4.90 Å². The number of ketones is 1. The van der Waals surface area contributed by atoms with E-state index in [0.29, 0.717) is 11.3 Å². The Morgan fingerprint density at radius 2 is 1.48 bits per heavy atom. The van der Waals surface area contributed by atoms with Crippen LogP contribution in [0.3, 0.4) is 0 Å². The summed E-state index contributed by atoms with van der Waals surface area (Å²) in [6.45, 7) is 1.96. The monoisotopic (exact) mass is 435 g/mol. The van der Waals surface area contributed by atoms with E-state index in [2.05, 4.69) is 5.10 Å². The van der Waals surface area contributed by atoms with Gasteiger partial charge in [-0.2, -0.15) is 5.10 Å². The fourth-order valence-electron chi connectivity index (χ4n) is 5.39. The predicted molar refractivity (Wildman–Crippen MR) is 124 cm³/mol. The first-order chi connectivity index (χ1) is 16.1. The van der Waals surface area contributed by atoms with Gasteiger partial charge >= 0.3 is 0 Å². The first-order valence-electron chi connectivity index (χ1n) is 11.0. The molecule has 0 spiro atoms. The minimum absolute atomic E-state index is 0.194. The van der Waals surface area contributed by atoms with E-state index < -0.39 is 23.9 Å². The van der Waals surface area contributed by atoms with Gasteiger partial charge in [-0.05, 0) is 30.2 Å². The smallest absolute Gasteiger partial charge is 0.240 e. The van der Waals surface area contributed by atoms with Crippen LogP contribution in [0.5, 0.6) is 0 Å². The number of hydrogen-bond acceptors (Lipinski definition) is 5. The van der Waals surface area contributed by atoms with Gasteiger partial charge in [-0.15, -0.1) is 0 Å². The molecule has 3 aliphatic rings. The summed E-state index contributed by atoms with van der Waals surface area (Å²) < 4.78 is 0. The lowest BCUT2D eigenvalue weighted by atomic mass is 9.83. The summed E-state index contributed by atoms with van der Waals surface area (Å²) in [7, 11) is 0. The van der Waals surface area contributed by atoms with Gasteiger partial charge in [-0.3, -0.25) is 19.4 Å². The third-order valence-corrected chi connectivity index (χ3v) is 6.91. The lowest BCUT2D eigenvalue weighted by Crippen LogP contribution is -2.44. The molecule has 4 atom stereocenters. The van der Waals surface area contributed by atoms with Gasteiger partial charge in [0.25, 0.3) is 0 Å². The van der Waals surface area contributed by atoms with E-state index in [1.807, 2.05) is 49.4 Å². The zero-order chi connectivity index (χ0) is 22.7. The third kappa shape index (κ3) is 2.80. The molecule has 0 aromatic heterocycles. The molecule has 6 heteroatoms. The zero-order valence-corrected chi connectivity index (χ0v) is 18.0. The van der Waals surface area contributed by atoms with E-state index in [4.69, 9.17) is 0 Å². The molecule has 0 unspecified atom stereocenters. The van der Waals surface area contributed by atoms with Crippen LogP contribution in [0.1, 0.15) is 33.1 Å². The van der Waals surface area contributed by atoms with Crippen molar-refractivity contribution in [1.82, 2.24) is 5.01 Å². The molecule has 0 aliphatic carbocycles. The van der Waals surface area contributed by atoms with E-state index >= 15 is 0 Å². The number of Topliss-reactive ketones (excluding diaryl/α,β-unsaturated/α-hetero) is 1. The molecule has 3 heterocycles. The van der Waals surface area contributed by atoms with Crippen molar-refractivity contribution in [2.45, 2.75) is 19.0 Å². The summed E-state index contributed by atoms with van der Waals surface area (Å²) >= 11 is 0. The number of amides is 2. The molecular weight excluding hydrogens is 414 g/mol. The minimum atomic E-state index is -0.850. The average Bonchev–Trinajstić information content (AvgIpc) is 3.32. The Bertz CT molecular complexity index is 1320. The first-order valence-corrected chi connectivity index (χ1v) is 11.0. The van der Waals surface area contributed by atoms with Gasteiger partial charge in [0, 0.05) is 5.56 Å². The van der Waals surface area contributed by atoms with Crippen LogP contribution >= 0.6 is 0 Å². The van der Waals surface area contributed by atoms with E-state index in [0.717, 1.165) is 16.7 Å². The number of para-hydroxylation sites is 1. The van der Waals surface area contributed by atoms with E-state index in [1.54, 1.807) is 47.6 Å². The van der Waals surface area contributed by atoms with Gasteiger partial charge in [0.15, 0.2) is 5.78 Å². The molecule has 2 amide bonds. The van der Waals surface area contributed by atoms with Gasteiger partial charge in [0.05, 0.1) is 29.8 Å². The van der Waals surface area contributed by atoms with E-state index in [-0.39, 0.29) is 17.6 Å². The molecular formula is C27H21N3O3. The van der Waals surface area contributed by atoms with Crippen LogP contribution in [-0.2, 0) is 9.59 Å². The summed E-state index contributed by atoms with van der Waals surface area (Å²) in [6.07, 6.45) is 1.71. The van der Waals surface area contributed by atoms with Crippen molar-refractivity contribution in [2.24, 2.45) is 16.9 Å². The summed E-state index contributed by atoms with van der Waals surface area (Å²) in [5.74, 6) is -2.31. The first kappa shape index (κ1) is 19.6. The lowest BCUT2D eigenvalue weighted by molar-refractivity contribution is -0.124. The summed E-state index contributed by atoms with van der Waals surface area (Å²) in [5.41, 5.74) is 3.90.